The van der Waals surface area contributed by atoms with Crippen LogP contribution in [0.4, 0.5) is 0 Å². The van der Waals surface area contributed by atoms with Crippen LogP contribution in [-0.4, -0.2) is 29.0 Å². The number of aromatic carboxylic acids is 1. The Hall–Kier alpha value is -2.31. The topological polar surface area (TPSA) is 78.8 Å². The van der Waals surface area contributed by atoms with Crippen LogP contribution in [-0.2, 0) is 4.79 Å². The van der Waals surface area contributed by atoms with Gasteiger partial charge < -0.3 is 5.11 Å². The normalized spacial score (nSPS) is 10.7. The van der Waals surface area contributed by atoms with Gasteiger partial charge in [-0.05, 0) is 42.0 Å². The van der Waals surface area contributed by atoms with Crippen LogP contribution in [0.2, 0.25) is 5.02 Å². The Balaban J connectivity index is 1.79. The summed E-state index contributed by atoms with van der Waals surface area (Å²) in [5.41, 5.74) is 3.31. The molecule has 0 aliphatic heterocycles. The predicted octanol–water partition coefficient (Wildman–Crippen LogP) is 3.28. The molecule has 5 nitrogen and oxygen atoms in total. The molecule has 0 spiro atoms. The zero-order chi connectivity index (χ0) is 16.7. The van der Waals surface area contributed by atoms with Gasteiger partial charge in [0.15, 0.2) is 0 Å². The molecular weight excluding hydrogens is 336 g/mol. The molecule has 2 aromatic rings. The highest BCUT2D eigenvalue weighted by atomic mass is 35.5. The van der Waals surface area contributed by atoms with Gasteiger partial charge in [0.2, 0.25) is 5.91 Å². The van der Waals surface area contributed by atoms with Crippen molar-refractivity contribution in [3.8, 4) is 0 Å². The van der Waals surface area contributed by atoms with Crippen LogP contribution >= 0.6 is 23.4 Å². The summed E-state index contributed by atoms with van der Waals surface area (Å²) in [6, 6.07) is 13.4. The number of thioether (sulfide) groups is 1. The van der Waals surface area contributed by atoms with Crippen LogP contribution in [0.25, 0.3) is 0 Å². The molecule has 23 heavy (non-hydrogen) atoms. The maximum atomic E-state index is 11.7. The van der Waals surface area contributed by atoms with Crippen LogP contribution in [0, 0.1) is 0 Å². The van der Waals surface area contributed by atoms with Gasteiger partial charge in [-0.25, -0.2) is 10.2 Å². The van der Waals surface area contributed by atoms with Crippen molar-refractivity contribution in [3.05, 3.63) is 64.7 Å². The number of hydrogen-bond donors (Lipinski definition) is 2. The molecule has 118 valence electrons. The van der Waals surface area contributed by atoms with E-state index in [-0.39, 0.29) is 17.2 Å². The fourth-order valence-corrected chi connectivity index (χ4v) is 2.42. The van der Waals surface area contributed by atoms with E-state index in [1.165, 1.54) is 30.1 Å². The van der Waals surface area contributed by atoms with Crippen molar-refractivity contribution in [1.29, 1.82) is 0 Å². The van der Waals surface area contributed by atoms with Gasteiger partial charge in [0, 0.05) is 9.92 Å². The lowest BCUT2D eigenvalue weighted by Crippen LogP contribution is -2.19. The number of hydrazone groups is 1. The van der Waals surface area contributed by atoms with Crippen LogP contribution in [0.3, 0.4) is 0 Å². The third kappa shape index (κ3) is 5.77. The SMILES string of the molecule is O=C(CSc1ccc(Cl)cc1)N/N=C\c1ccc(C(=O)O)cc1. The van der Waals surface area contributed by atoms with E-state index in [1.54, 1.807) is 24.3 Å². The third-order valence-electron chi connectivity index (χ3n) is 2.74. The lowest BCUT2D eigenvalue weighted by atomic mass is 10.1. The minimum Gasteiger partial charge on any atom is -0.478 e. The first-order valence-corrected chi connectivity index (χ1v) is 7.94. The number of carbonyl (C=O) groups is 2. The van der Waals surface area contributed by atoms with Crippen molar-refractivity contribution in [1.82, 2.24) is 5.43 Å². The molecule has 0 aromatic heterocycles. The van der Waals surface area contributed by atoms with E-state index in [0.29, 0.717) is 10.6 Å². The van der Waals surface area contributed by atoms with Gasteiger partial charge in [0.1, 0.15) is 0 Å². The molecule has 2 N–H and O–H groups in total. The number of amides is 1. The van der Waals surface area contributed by atoms with E-state index in [0.717, 1.165) is 4.90 Å². The molecule has 0 radical (unpaired) electrons. The molecule has 2 rings (SSSR count). The van der Waals surface area contributed by atoms with E-state index in [2.05, 4.69) is 10.5 Å². The number of carboxylic acid groups (broad SMARTS) is 1. The Morgan fingerprint density at radius 2 is 1.78 bits per heavy atom. The van der Waals surface area contributed by atoms with Gasteiger partial charge in [-0.1, -0.05) is 23.7 Å². The molecule has 7 heteroatoms. The fourth-order valence-electron chi connectivity index (χ4n) is 1.60. The summed E-state index contributed by atoms with van der Waals surface area (Å²) in [5, 5.41) is 13.3. The van der Waals surface area contributed by atoms with Crippen molar-refractivity contribution in [2.45, 2.75) is 4.90 Å². The largest absolute Gasteiger partial charge is 0.478 e. The van der Waals surface area contributed by atoms with Gasteiger partial charge in [0.25, 0.3) is 0 Å². The lowest BCUT2D eigenvalue weighted by molar-refractivity contribution is -0.118. The predicted molar refractivity (Wildman–Crippen MR) is 91.3 cm³/mol. The average Bonchev–Trinajstić information content (AvgIpc) is 2.55. The quantitative estimate of drug-likeness (QED) is 0.477. The zero-order valence-electron chi connectivity index (χ0n) is 11.9. The van der Waals surface area contributed by atoms with Crippen molar-refractivity contribution in [3.63, 3.8) is 0 Å². The first-order chi connectivity index (χ1) is 11.0. The van der Waals surface area contributed by atoms with Crippen molar-refractivity contribution < 1.29 is 14.7 Å². The number of benzene rings is 2. The molecule has 0 aliphatic carbocycles. The van der Waals surface area contributed by atoms with Crippen molar-refractivity contribution >= 4 is 41.5 Å². The van der Waals surface area contributed by atoms with Gasteiger partial charge in [-0.3, -0.25) is 4.79 Å². The maximum Gasteiger partial charge on any atom is 0.335 e. The lowest BCUT2D eigenvalue weighted by Gasteiger charge is -2.01. The van der Waals surface area contributed by atoms with E-state index < -0.39 is 5.97 Å². The fraction of sp³-hybridized carbons (Fsp3) is 0.0625. The zero-order valence-corrected chi connectivity index (χ0v) is 13.5. The second-order valence-electron chi connectivity index (χ2n) is 4.46. The van der Waals surface area contributed by atoms with Gasteiger partial charge in [-0.15, -0.1) is 11.8 Å². The highest BCUT2D eigenvalue weighted by molar-refractivity contribution is 8.00. The summed E-state index contributed by atoms with van der Waals surface area (Å²) in [4.78, 5) is 23.3. The molecule has 1 amide bonds. The van der Waals surface area contributed by atoms with Gasteiger partial charge in [-0.2, -0.15) is 5.10 Å². The Labute approximate surface area is 142 Å². The van der Waals surface area contributed by atoms with E-state index in [1.807, 2.05) is 12.1 Å². The van der Waals surface area contributed by atoms with Gasteiger partial charge in [0.05, 0.1) is 17.5 Å². The van der Waals surface area contributed by atoms with Crippen molar-refractivity contribution in [2.75, 3.05) is 5.75 Å². The molecule has 0 unspecified atom stereocenters. The summed E-state index contributed by atoms with van der Waals surface area (Å²) in [6.07, 6.45) is 1.45. The van der Waals surface area contributed by atoms with Gasteiger partial charge >= 0.3 is 5.97 Å². The first-order valence-electron chi connectivity index (χ1n) is 6.58. The van der Waals surface area contributed by atoms with Crippen LogP contribution in [0.5, 0.6) is 0 Å². The van der Waals surface area contributed by atoms with Crippen LogP contribution < -0.4 is 5.43 Å². The second-order valence-corrected chi connectivity index (χ2v) is 5.95. The maximum absolute atomic E-state index is 11.7. The monoisotopic (exact) mass is 348 g/mol. The highest BCUT2D eigenvalue weighted by Crippen LogP contribution is 2.19. The van der Waals surface area contributed by atoms with Crippen LogP contribution in [0.15, 0.2) is 58.5 Å². The van der Waals surface area contributed by atoms with E-state index >= 15 is 0 Å². The summed E-state index contributed by atoms with van der Waals surface area (Å²) < 4.78 is 0. The Morgan fingerprint density at radius 1 is 1.13 bits per heavy atom. The first kappa shape index (κ1) is 17.1. The number of carbonyl (C=O) groups excluding carboxylic acids is 1. The Kier molecular flexibility index (Phi) is 6.19. The number of nitrogens with zero attached hydrogens (tertiary/aromatic N) is 1. The summed E-state index contributed by atoms with van der Waals surface area (Å²) in [5.74, 6) is -0.985. The molecular formula is C16H13ClN2O3S. The number of hydrogen-bond acceptors (Lipinski definition) is 4. The van der Waals surface area contributed by atoms with E-state index in [4.69, 9.17) is 16.7 Å². The molecule has 0 fully saturated rings. The standard InChI is InChI=1S/C16H13ClN2O3S/c17-13-5-7-14(8-6-13)23-10-15(20)19-18-9-11-1-3-12(4-2-11)16(21)22/h1-9H,10H2,(H,19,20)(H,21,22)/b18-9-. The smallest absolute Gasteiger partial charge is 0.335 e. The molecule has 2 aromatic carbocycles. The van der Waals surface area contributed by atoms with Crippen molar-refractivity contribution in [2.24, 2.45) is 5.10 Å². The molecule has 0 bridgehead atoms. The summed E-state index contributed by atoms with van der Waals surface area (Å²) in [7, 11) is 0. The summed E-state index contributed by atoms with van der Waals surface area (Å²) in [6.45, 7) is 0. The molecule has 0 saturated carbocycles. The summed E-state index contributed by atoms with van der Waals surface area (Å²) >= 11 is 7.17. The third-order valence-corrected chi connectivity index (χ3v) is 4.01. The number of halogens is 1. The number of carboxylic acids is 1. The molecule has 0 heterocycles. The Morgan fingerprint density at radius 3 is 2.39 bits per heavy atom. The average molecular weight is 349 g/mol. The second kappa shape index (κ2) is 8.36. The van der Waals surface area contributed by atoms with Crippen LogP contribution in [0.1, 0.15) is 15.9 Å². The minimum absolute atomic E-state index is 0.200. The minimum atomic E-state index is -0.985. The Bertz CT molecular complexity index is 715. The molecule has 0 saturated heterocycles. The highest BCUT2D eigenvalue weighted by Gasteiger charge is 2.02. The molecule has 0 atom stereocenters. The number of rotatable bonds is 6. The van der Waals surface area contributed by atoms with E-state index in [9.17, 15) is 9.59 Å². The number of nitrogens with one attached hydrogen (secondary N) is 1. The molecule has 0 aliphatic rings.